The lowest BCUT2D eigenvalue weighted by Gasteiger charge is -2.33. The molecule has 2 aromatic rings. The van der Waals surface area contributed by atoms with Gasteiger partial charge in [-0.1, -0.05) is 39.0 Å². The minimum absolute atomic E-state index is 0.0491. The van der Waals surface area contributed by atoms with Gasteiger partial charge in [0.1, 0.15) is 0 Å². The number of hydrogen-bond donors (Lipinski definition) is 1. The van der Waals surface area contributed by atoms with E-state index in [1.165, 1.54) is 16.7 Å². The molecule has 2 heterocycles. The van der Waals surface area contributed by atoms with E-state index in [1.807, 2.05) is 4.90 Å². The summed E-state index contributed by atoms with van der Waals surface area (Å²) in [6, 6.07) is 6.76. The van der Waals surface area contributed by atoms with Crippen molar-refractivity contribution < 1.29 is 4.79 Å². The number of aromatic nitrogens is 3. The lowest BCUT2D eigenvalue weighted by molar-refractivity contribution is -0.136. The monoisotopic (exact) mass is 338 g/mol. The van der Waals surface area contributed by atoms with Crippen molar-refractivity contribution in [2.45, 2.75) is 58.4 Å². The molecule has 132 valence electrons. The lowest BCUT2D eigenvalue weighted by atomic mass is 9.83. The minimum Gasteiger partial charge on any atom is -0.338 e. The molecular formula is C20H26N4O. The SMILES string of the molecule is CC(C)(C)c1ccc2c(c1)CCN(C(=O)C1CCc3n[nH]nc3C1)C2. The van der Waals surface area contributed by atoms with Gasteiger partial charge < -0.3 is 4.90 Å². The number of aryl methyl sites for hydroxylation is 1. The third kappa shape index (κ3) is 3.08. The molecule has 0 radical (unpaired) electrons. The van der Waals surface area contributed by atoms with Crippen LogP contribution in [-0.2, 0) is 36.0 Å². The second-order valence-electron chi connectivity index (χ2n) is 8.40. The predicted octanol–water partition coefficient (Wildman–Crippen LogP) is 2.79. The van der Waals surface area contributed by atoms with E-state index >= 15 is 0 Å². The van der Waals surface area contributed by atoms with Gasteiger partial charge in [0.15, 0.2) is 0 Å². The van der Waals surface area contributed by atoms with E-state index in [9.17, 15) is 4.79 Å². The molecule has 25 heavy (non-hydrogen) atoms. The highest BCUT2D eigenvalue weighted by molar-refractivity contribution is 5.79. The maximum absolute atomic E-state index is 13.0. The molecule has 1 aliphatic carbocycles. The second kappa shape index (κ2) is 5.97. The van der Waals surface area contributed by atoms with Gasteiger partial charge in [0.25, 0.3) is 0 Å². The summed E-state index contributed by atoms with van der Waals surface area (Å²) < 4.78 is 0. The molecular weight excluding hydrogens is 312 g/mol. The quantitative estimate of drug-likeness (QED) is 0.870. The van der Waals surface area contributed by atoms with Gasteiger partial charge in [0, 0.05) is 25.4 Å². The van der Waals surface area contributed by atoms with Gasteiger partial charge in [-0.05, 0) is 41.4 Å². The second-order valence-corrected chi connectivity index (χ2v) is 8.40. The van der Waals surface area contributed by atoms with Gasteiger partial charge in [-0.15, -0.1) is 0 Å². The van der Waals surface area contributed by atoms with Crippen LogP contribution < -0.4 is 0 Å². The zero-order chi connectivity index (χ0) is 17.6. The molecule has 1 aromatic heterocycles. The molecule has 1 unspecified atom stereocenters. The van der Waals surface area contributed by atoms with Crippen molar-refractivity contribution in [3.05, 3.63) is 46.3 Å². The van der Waals surface area contributed by atoms with E-state index < -0.39 is 0 Å². The number of fused-ring (bicyclic) bond motifs is 2. The van der Waals surface area contributed by atoms with Crippen LogP contribution in [0.15, 0.2) is 18.2 Å². The number of aromatic amines is 1. The first kappa shape index (κ1) is 16.3. The normalized spacial score (nSPS) is 20.1. The van der Waals surface area contributed by atoms with Gasteiger partial charge >= 0.3 is 0 Å². The highest BCUT2D eigenvalue weighted by Gasteiger charge is 2.32. The van der Waals surface area contributed by atoms with Crippen LogP contribution in [0.1, 0.15) is 55.3 Å². The number of carbonyl (C=O) groups excluding carboxylic acids is 1. The average Bonchev–Trinajstić information content (AvgIpc) is 3.07. The Bertz CT molecular complexity index is 802. The van der Waals surface area contributed by atoms with Crippen molar-refractivity contribution in [2.75, 3.05) is 6.54 Å². The van der Waals surface area contributed by atoms with Crippen LogP contribution in [0.2, 0.25) is 0 Å². The van der Waals surface area contributed by atoms with Crippen molar-refractivity contribution >= 4 is 5.91 Å². The molecule has 4 rings (SSSR count). The van der Waals surface area contributed by atoms with E-state index in [0.29, 0.717) is 0 Å². The summed E-state index contributed by atoms with van der Waals surface area (Å²) in [4.78, 5) is 15.0. The van der Waals surface area contributed by atoms with Crippen molar-refractivity contribution in [3.63, 3.8) is 0 Å². The number of benzene rings is 1. The van der Waals surface area contributed by atoms with Gasteiger partial charge in [-0.25, -0.2) is 0 Å². The standard InChI is InChI=1S/C20H26N4O/c1-20(2,3)16-6-4-15-12-24(9-8-13(15)10-16)19(25)14-5-7-17-18(11-14)22-23-21-17/h4,6,10,14H,5,7-9,11-12H2,1-3H3,(H,21,22,23). The van der Waals surface area contributed by atoms with E-state index in [4.69, 9.17) is 0 Å². The summed E-state index contributed by atoms with van der Waals surface area (Å²) in [6.45, 7) is 8.29. The Morgan fingerprint density at radius 1 is 1.16 bits per heavy atom. The molecule has 1 aromatic carbocycles. The minimum atomic E-state index is 0.0491. The van der Waals surface area contributed by atoms with Crippen LogP contribution in [-0.4, -0.2) is 32.8 Å². The summed E-state index contributed by atoms with van der Waals surface area (Å²) in [7, 11) is 0. The van der Waals surface area contributed by atoms with E-state index in [1.54, 1.807) is 0 Å². The molecule has 0 saturated heterocycles. The van der Waals surface area contributed by atoms with Crippen LogP contribution in [0.3, 0.4) is 0 Å². The molecule has 0 fully saturated rings. The fourth-order valence-corrected chi connectivity index (χ4v) is 3.96. The number of H-pyrrole nitrogens is 1. The summed E-state index contributed by atoms with van der Waals surface area (Å²) in [5, 5.41) is 11.0. The molecule has 5 nitrogen and oxygen atoms in total. The molecule has 1 amide bonds. The van der Waals surface area contributed by atoms with E-state index in [0.717, 1.165) is 50.2 Å². The predicted molar refractivity (Wildman–Crippen MR) is 96.2 cm³/mol. The molecule has 0 bridgehead atoms. The van der Waals surface area contributed by atoms with Crippen LogP contribution in [0.4, 0.5) is 0 Å². The van der Waals surface area contributed by atoms with Gasteiger partial charge in [-0.2, -0.15) is 15.4 Å². The van der Waals surface area contributed by atoms with Crippen molar-refractivity contribution in [1.82, 2.24) is 20.3 Å². The number of nitrogens with one attached hydrogen (secondary N) is 1. The fraction of sp³-hybridized carbons (Fsp3) is 0.550. The Labute approximate surface area is 148 Å². The molecule has 0 spiro atoms. The summed E-state index contributed by atoms with van der Waals surface area (Å²) in [6.07, 6.45) is 3.40. The Kier molecular flexibility index (Phi) is 3.89. The summed E-state index contributed by atoms with van der Waals surface area (Å²) in [5.41, 5.74) is 6.24. The molecule has 1 aliphatic heterocycles. The molecule has 2 aliphatic rings. The third-order valence-corrected chi connectivity index (χ3v) is 5.62. The zero-order valence-electron chi connectivity index (χ0n) is 15.3. The molecule has 1 N–H and O–H groups in total. The number of amides is 1. The van der Waals surface area contributed by atoms with Crippen molar-refractivity contribution in [3.8, 4) is 0 Å². The Morgan fingerprint density at radius 3 is 2.76 bits per heavy atom. The summed E-state index contributed by atoms with van der Waals surface area (Å²) in [5.74, 6) is 0.326. The smallest absolute Gasteiger partial charge is 0.226 e. The molecule has 0 saturated carbocycles. The largest absolute Gasteiger partial charge is 0.338 e. The van der Waals surface area contributed by atoms with Crippen LogP contribution in [0.25, 0.3) is 0 Å². The highest BCUT2D eigenvalue weighted by atomic mass is 16.2. The van der Waals surface area contributed by atoms with Gasteiger partial charge in [0.2, 0.25) is 5.91 Å². The van der Waals surface area contributed by atoms with Crippen molar-refractivity contribution in [1.29, 1.82) is 0 Å². The fourth-order valence-electron chi connectivity index (χ4n) is 3.96. The highest BCUT2D eigenvalue weighted by Crippen LogP contribution is 2.30. The number of hydrogen-bond acceptors (Lipinski definition) is 3. The number of carbonyl (C=O) groups is 1. The number of rotatable bonds is 1. The Hall–Kier alpha value is -2.17. The topological polar surface area (TPSA) is 61.9 Å². The molecule has 5 heteroatoms. The maximum atomic E-state index is 13.0. The first-order valence-corrected chi connectivity index (χ1v) is 9.21. The number of nitrogens with zero attached hydrogens (tertiary/aromatic N) is 3. The average molecular weight is 338 g/mol. The summed E-state index contributed by atoms with van der Waals surface area (Å²) >= 11 is 0. The van der Waals surface area contributed by atoms with E-state index in [-0.39, 0.29) is 17.2 Å². The Balaban J connectivity index is 1.48. The van der Waals surface area contributed by atoms with Crippen molar-refractivity contribution in [2.24, 2.45) is 5.92 Å². The van der Waals surface area contributed by atoms with Crippen LogP contribution in [0, 0.1) is 5.92 Å². The lowest BCUT2D eigenvalue weighted by Crippen LogP contribution is -2.41. The maximum Gasteiger partial charge on any atom is 0.226 e. The molecule has 1 atom stereocenters. The van der Waals surface area contributed by atoms with Gasteiger partial charge in [-0.3, -0.25) is 4.79 Å². The first-order valence-electron chi connectivity index (χ1n) is 9.21. The zero-order valence-corrected chi connectivity index (χ0v) is 15.3. The van der Waals surface area contributed by atoms with E-state index in [2.05, 4.69) is 54.4 Å². The van der Waals surface area contributed by atoms with Crippen LogP contribution in [0.5, 0.6) is 0 Å². The van der Waals surface area contributed by atoms with Crippen LogP contribution >= 0.6 is 0 Å². The Morgan fingerprint density at radius 2 is 1.96 bits per heavy atom. The first-order chi connectivity index (χ1) is 11.9. The van der Waals surface area contributed by atoms with Gasteiger partial charge in [0.05, 0.1) is 11.4 Å². The third-order valence-electron chi connectivity index (χ3n) is 5.62.